The van der Waals surface area contributed by atoms with E-state index in [9.17, 15) is 8.42 Å². The SMILES string of the molecule is Cc1ccc(Br)cc1S(=O)(=O)n1cnc2ccccc21. The summed E-state index contributed by atoms with van der Waals surface area (Å²) >= 11 is 3.31. The Labute approximate surface area is 125 Å². The molecule has 2 aromatic carbocycles. The summed E-state index contributed by atoms with van der Waals surface area (Å²) in [6, 6.07) is 12.4. The molecule has 1 aromatic heterocycles. The van der Waals surface area contributed by atoms with Gasteiger partial charge in [0.05, 0.1) is 15.9 Å². The quantitative estimate of drug-likeness (QED) is 0.712. The third-order valence-electron chi connectivity index (χ3n) is 3.11. The van der Waals surface area contributed by atoms with Crippen LogP contribution in [-0.4, -0.2) is 17.4 Å². The van der Waals surface area contributed by atoms with Gasteiger partial charge in [0.2, 0.25) is 0 Å². The maximum Gasteiger partial charge on any atom is 0.269 e. The Hall–Kier alpha value is -1.66. The number of rotatable bonds is 2. The summed E-state index contributed by atoms with van der Waals surface area (Å²) < 4.78 is 27.5. The summed E-state index contributed by atoms with van der Waals surface area (Å²) in [4.78, 5) is 4.41. The molecule has 0 saturated heterocycles. The van der Waals surface area contributed by atoms with Crippen LogP contribution in [0.4, 0.5) is 0 Å². The highest BCUT2D eigenvalue weighted by molar-refractivity contribution is 9.10. The van der Waals surface area contributed by atoms with Crippen LogP contribution >= 0.6 is 15.9 Å². The van der Waals surface area contributed by atoms with Gasteiger partial charge in [0.25, 0.3) is 10.0 Å². The number of halogens is 1. The Morgan fingerprint density at radius 2 is 1.90 bits per heavy atom. The second-order valence-corrected chi connectivity index (χ2v) is 7.14. The molecule has 20 heavy (non-hydrogen) atoms. The average Bonchev–Trinajstić information content (AvgIpc) is 2.86. The highest BCUT2D eigenvalue weighted by atomic mass is 79.9. The van der Waals surface area contributed by atoms with Crippen LogP contribution in [0.5, 0.6) is 0 Å². The van der Waals surface area contributed by atoms with Crippen LogP contribution in [0.2, 0.25) is 0 Å². The van der Waals surface area contributed by atoms with E-state index in [1.165, 1.54) is 10.3 Å². The highest BCUT2D eigenvalue weighted by Gasteiger charge is 2.21. The van der Waals surface area contributed by atoms with Gasteiger partial charge in [0, 0.05) is 4.47 Å². The second kappa shape index (κ2) is 4.71. The molecule has 3 aromatic rings. The van der Waals surface area contributed by atoms with E-state index in [2.05, 4.69) is 20.9 Å². The topological polar surface area (TPSA) is 52.0 Å². The average molecular weight is 351 g/mol. The largest absolute Gasteiger partial charge is 0.269 e. The van der Waals surface area contributed by atoms with Crippen LogP contribution in [0.1, 0.15) is 5.56 Å². The zero-order chi connectivity index (χ0) is 14.3. The lowest BCUT2D eigenvalue weighted by Crippen LogP contribution is -2.13. The van der Waals surface area contributed by atoms with E-state index in [4.69, 9.17) is 0 Å². The lowest BCUT2D eigenvalue weighted by Gasteiger charge is -2.09. The maximum absolute atomic E-state index is 12.8. The summed E-state index contributed by atoms with van der Waals surface area (Å²) in [6.45, 7) is 1.78. The Morgan fingerprint density at radius 3 is 2.70 bits per heavy atom. The van der Waals surface area contributed by atoms with Gasteiger partial charge in [-0.1, -0.05) is 34.1 Å². The number of hydrogen-bond donors (Lipinski definition) is 0. The summed E-state index contributed by atoms with van der Waals surface area (Å²) in [7, 11) is -3.65. The summed E-state index contributed by atoms with van der Waals surface area (Å²) in [5.74, 6) is 0. The Balaban J connectivity index is 2.29. The van der Waals surface area contributed by atoms with Gasteiger partial charge in [-0.2, -0.15) is 0 Å². The molecule has 102 valence electrons. The van der Waals surface area contributed by atoms with Crippen molar-refractivity contribution >= 4 is 37.0 Å². The molecular formula is C14H11BrN2O2S. The lowest BCUT2D eigenvalue weighted by molar-refractivity contribution is 0.588. The van der Waals surface area contributed by atoms with E-state index in [-0.39, 0.29) is 4.90 Å². The van der Waals surface area contributed by atoms with Crippen molar-refractivity contribution in [3.8, 4) is 0 Å². The lowest BCUT2D eigenvalue weighted by atomic mass is 10.2. The Kier molecular flexibility index (Phi) is 3.14. The predicted octanol–water partition coefficient (Wildman–Crippen LogP) is 3.34. The third kappa shape index (κ3) is 2.05. The van der Waals surface area contributed by atoms with Gasteiger partial charge < -0.3 is 0 Å². The third-order valence-corrected chi connectivity index (χ3v) is 5.41. The number of benzene rings is 2. The van der Waals surface area contributed by atoms with E-state index in [0.29, 0.717) is 16.6 Å². The van der Waals surface area contributed by atoms with Crippen molar-refractivity contribution in [2.24, 2.45) is 0 Å². The standard InChI is InChI=1S/C14H11BrN2O2S/c1-10-6-7-11(15)8-14(10)20(18,19)17-9-16-12-4-2-3-5-13(12)17/h2-9H,1H3. The molecule has 0 bridgehead atoms. The van der Waals surface area contributed by atoms with Gasteiger partial charge in [0.1, 0.15) is 6.33 Å². The van der Waals surface area contributed by atoms with Crippen molar-refractivity contribution in [3.63, 3.8) is 0 Å². The van der Waals surface area contributed by atoms with Crippen LogP contribution in [0, 0.1) is 6.92 Å². The van der Waals surface area contributed by atoms with Gasteiger partial charge >= 0.3 is 0 Å². The van der Waals surface area contributed by atoms with Crippen LogP contribution < -0.4 is 0 Å². The number of nitrogens with zero attached hydrogens (tertiary/aromatic N) is 2. The van der Waals surface area contributed by atoms with E-state index >= 15 is 0 Å². The molecule has 0 N–H and O–H groups in total. The van der Waals surface area contributed by atoms with Gasteiger partial charge in [-0.05, 0) is 36.8 Å². The molecule has 3 rings (SSSR count). The molecule has 0 aliphatic heterocycles. The van der Waals surface area contributed by atoms with Gasteiger partial charge in [-0.3, -0.25) is 0 Å². The molecule has 0 amide bonds. The number of aryl methyl sites for hydroxylation is 1. The number of hydrogen-bond acceptors (Lipinski definition) is 3. The van der Waals surface area contributed by atoms with Crippen molar-refractivity contribution in [2.75, 3.05) is 0 Å². The van der Waals surface area contributed by atoms with Crippen molar-refractivity contribution in [2.45, 2.75) is 11.8 Å². The fourth-order valence-corrected chi connectivity index (χ4v) is 4.15. The molecule has 0 aliphatic carbocycles. The molecule has 0 radical (unpaired) electrons. The summed E-state index contributed by atoms with van der Waals surface area (Å²) in [5, 5.41) is 0. The van der Waals surface area contributed by atoms with E-state index < -0.39 is 10.0 Å². The maximum atomic E-state index is 12.8. The number of imidazole rings is 1. The first kappa shape index (κ1) is 13.3. The molecule has 0 atom stereocenters. The monoisotopic (exact) mass is 350 g/mol. The molecule has 4 nitrogen and oxygen atoms in total. The minimum atomic E-state index is -3.65. The molecular weight excluding hydrogens is 340 g/mol. The van der Waals surface area contributed by atoms with Crippen molar-refractivity contribution in [1.82, 2.24) is 8.96 Å². The molecule has 0 saturated carbocycles. The molecule has 1 heterocycles. The zero-order valence-corrected chi connectivity index (χ0v) is 13.0. The summed E-state index contributed by atoms with van der Waals surface area (Å²) in [6.07, 6.45) is 1.35. The van der Waals surface area contributed by atoms with Gasteiger partial charge in [0.15, 0.2) is 0 Å². The molecule has 0 fully saturated rings. The molecule has 0 aliphatic rings. The van der Waals surface area contributed by atoms with E-state index in [1.54, 1.807) is 37.3 Å². The molecule has 6 heteroatoms. The van der Waals surface area contributed by atoms with Crippen molar-refractivity contribution in [3.05, 3.63) is 58.8 Å². The Morgan fingerprint density at radius 1 is 1.15 bits per heavy atom. The predicted molar refractivity (Wildman–Crippen MR) is 81.2 cm³/mol. The van der Waals surface area contributed by atoms with Crippen molar-refractivity contribution in [1.29, 1.82) is 0 Å². The molecule has 0 unspecified atom stereocenters. The zero-order valence-electron chi connectivity index (χ0n) is 10.6. The van der Waals surface area contributed by atoms with Crippen LogP contribution in [0.15, 0.2) is 58.2 Å². The molecule has 0 spiro atoms. The fourth-order valence-electron chi connectivity index (χ4n) is 2.09. The van der Waals surface area contributed by atoms with Crippen LogP contribution in [-0.2, 0) is 10.0 Å². The Bertz CT molecular complexity index is 900. The normalized spacial score (nSPS) is 11.9. The first-order chi connectivity index (χ1) is 9.50. The fraction of sp³-hybridized carbons (Fsp3) is 0.0714. The number of para-hydroxylation sites is 2. The van der Waals surface area contributed by atoms with Crippen LogP contribution in [0.25, 0.3) is 11.0 Å². The van der Waals surface area contributed by atoms with E-state index in [1.807, 2.05) is 12.1 Å². The van der Waals surface area contributed by atoms with E-state index in [0.717, 1.165) is 4.47 Å². The first-order valence-corrected chi connectivity index (χ1v) is 8.17. The minimum Gasteiger partial charge on any atom is -0.236 e. The first-order valence-electron chi connectivity index (χ1n) is 5.94. The van der Waals surface area contributed by atoms with Crippen molar-refractivity contribution < 1.29 is 8.42 Å². The highest BCUT2D eigenvalue weighted by Crippen LogP contribution is 2.25. The smallest absolute Gasteiger partial charge is 0.236 e. The number of fused-ring (bicyclic) bond motifs is 1. The second-order valence-electron chi connectivity index (χ2n) is 4.44. The number of aromatic nitrogens is 2. The van der Waals surface area contributed by atoms with Crippen LogP contribution in [0.3, 0.4) is 0 Å². The van der Waals surface area contributed by atoms with Gasteiger partial charge in [-0.25, -0.2) is 17.4 Å². The minimum absolute atomic E-state index is 0.273. The van der Waals surface area contributed by atoms with Gasteiger partial charge in [-0.15, -0.1) is 0 Å². The summed E-state index contributed by atoms with van der Waals surface area (Å²) in [5.41, 5.74) is 1.93.